The van der Waals surface area contributed by atoms with Crippen LogP contribution in [0.15, 0.2) is 42.5 Å². The molecule has 0 aliphatic carbocycles. The summed E-state index contributed by atoms with van der Waals surface area (Å²) in [6.07, 6.45) is -0.00398. The van der Waals surface area contributed by atoms with Gasteiger partial charge in [0.15, 0.2) is 6.04 Å². The predicted molar refractivity (Wildman–Crippen MR) is 109 cm³/mol. The third kappa shape index (κ3) is 5.09. The van der Waals surface area contributed by atoms with Gasteiger partial charge in [0.25, 0.3) is 0 Å². The lowest BCUT2D eigenvalue weighted by Crippen LogP contribution is -2.46. The maximum Gasteiger partial charge on any atom is 0.411 e. The number of esters is 1. The molecule has 0 aromatic heterocycles. The van der Waals surface area contributed by atoms with Crippen LogP contribution in [0.5, 0.6) is 5.75 Å². The lowest BCUT2D eigenvalue weighted by molar-refractivity contribution is -0.147. The number of nitrogens with zero attached hydrogens (tertiary/aromatic N) is 1. The van der Waals surface area contributed by atoms with Crippen molar-refractivity contribution in [3.63, 3.8) is 0 Å². The van der Waals surface area contributed by atoms with Gasteiger partial charge in [-0.25, -0.2) is 14.0 Å². The van der Waals surface area contributed by atoms with E-state index in [2.05, 4.69) is 0 Å². The van der Waals surface area contributed by atoms with Gasteiger partial charge in [0.1, 0.15) is 23.8 Å². The average Bonchev–Trinajstić information content (AvgIpc) is 2.70. The van der Waals surface area contributed by atoms with Crippen molar-refractivity contribution >= 4 is 12.1 Å². The molecule has 1 aliphatic heterocycles. The van der Waals surface area contributed by atoms with Gasteiger partial charge >= 0.3 is 12.1 Å². The molecule has 0 radical (unpaired) electrons. The molecule has 0 unspecified atom stereocenters. The minimum absolute atomic E-state index is 0.295. The molecule has 6 nitrogen and oxygen atoms in total. The van der Waals surface area contributed by atoms with Crippen molar-refractivity contribution in [1.82, 2.24) is 4.90 Å². The molecule has 2 aromatic carbocycles. The fraction of sp³-hybridized carbons (Fsp3) is 0.391. The van der Waals surface area contributed by atoms with Crippen LogP contribution in [0.3, 0.4) is 0 Å². The van der Waals surface area contributed by atoms with E-state index in [1.807, 2.05) is 6.07 Å². The Bertz CT molecular complexity index is 920. The normalized spacial score (nSPS) is 15.9. The second-order valence-corrected chi connectivity index (χ2v) is 8.13. The molecule has 1 heterocycles. The first kappa shape index (κ1) is 21.6. The van der Waals surface area contributed by atoms with E-state index in [9.17, 15) is 14.0 Å². The summed E-state index contributed by atoms with van der Waals surface area (Å²) in [6, 6.07) is 10.6. The zero-order chi connectivity index (χ0) is 21.9. The molecule has 1 amide bonds. The Hall–Kier alpha value is -3.09. The highest BCUT2D eigenvalue weighted by atomic mass is 19.1. The van der Waals surface area contributed by atoms with E-state index in [0.717, 1.165) is 11.1 Å². The minimum atomic E-state index is -0.875. The highest BCUT2D eigenvalue weighted by Crippen LogP contribution is 2.34. The number of benzene rings is 2. The summed E-state index contributed by atoms with van der Waals surface area (Å²) in [6.45, 7) is 5.95. The van der Waals surface area contributed by atoms with E-state index < -0.39 is 23.7 Å². The molecular weight excluding hydrogens is 389 g/mol. The number of ether oxygens (including phenoxy) is 3. The van der Waals surface area contributed by atoms with Crippen molar-refractivity contribution in [3.05, 3.63) is 65.0 Å². The van der Waals surface area contributed by atoms with Crippen molar-refractivity contribution in [2.75, 3.05) is 13.7 Å². The molecule has 1 aliphatic rings. The quantitative estimate of drug-likeness (QED) is 0.692. The van der Waals surface area contributed by atoms with Gasteiger partial charge in [-0.05, 0) is 68.1 Å². The van der Waals surface area contributed by atoms with Gasteiger partial charge in [-0.2, -0.15) is 0 Å². The fourth-order valence-electron chi connectivity index (χ4n) is 3.32. The molecule has 3 rings (SSSR count). The van der Waals surface area contributed by atoms with Crippen LogP contribution in [-0.2, 0) is 27.3 Å². The van der Waals surface area contributed by atoms with Gasteiger partial charge in [0.05, 0.1) is 7.11 Å². The number of fused-ring (bicyclic) bond motifs is 1. The molecule has 160 valence electrons. The van der Waals surface area contributed by atoms with E-state index in [1.54, 1.807) is 45.0 Å². The van der Waals surface area contributed by atoms with Crippen molar-refractivity contribution in [3.8, 4) is 5.75 Å². The van der Waals surface area contributed by atoms with Gasteiger partial charge in [-0.1, -0.05) is 18.2 Å². The zero-order valence-electron chi connectivity index (χ0n) is 17.6. The summed E-state index contributed by atoms with van der Waals surface area (Å²) < 4.78 is 29.3. The van der Waals surface area contributed by atoms with Crippen LogP contribution >= 0.6 is 0 Å². The predicted octanol–water partition coefficient (Wildman–Crippen LogP) is 4.41. The Labute approximate surface area is 175 Å². The van der Waals surface area contributed by atoms with Crippen molar-refractivity contribution in [2.45, 2.75) is 45.4 Å². The Morgan fingerprint density at radius 3 is 2.47 bits per heavy atom. The summed E-state index contributed by atoms with van der Waals surface area (Å²) in [5.74, 6) is -0.190. The highest BCUT2D eigenvalue weighted by molar-refractivity contribution is 5.84. The Morgan fingerprint density at radius 2 is 1.83 bits per heavy atom. The van der Waals surface area contributed by atoms with E-state index >= 15 is 0 Å². The average molecular weight is 415 g/mol. The van der Waals surface area contributed by atoms with Gasteiger partial charge in [0, 0.05) is 6.54 Å². The number of hydrogen-bond acceptors (Lipinski definition) is 5. The number of halogens is 1. The number of hydrogen-bond donors (Lipinski definition) is 0. The number of carbonyl (C=O) groups is 2. The van der Waals surface area contributed by atoms with Gasteiger partial charge in [-0.15, -0.1) is 0 Å². The Kier molecular flexibility index (Phi) is 6.29. The number of methoxy groups -OCH3 is 1. The van der Waals surface area contributed by atoms with Gasteiger partial charge < -0.3 is 14.2 Å². The molecule has 0 bridgehead atoms. The SMILES string of the molecule is COC(=O)[C@H]1c2ccc(OCc3ccc(F)cc3)cc2CCN1C(=O)OC(C)(C)C. The number of rotatable bonds is 4. The second-order valence-electron chi connectivity index (χ2n) is 8.13. The lowest BCUT2D eigenvalue weighted by atomic mass is 9.92. The Balaban J connectivity index is 1.80. The van der Waals surface area contributed by atoms with Crippen LogP contribution in [0.2, 0.25) is 0 Å². The van der Waals surface area contributed by atoms with Crippen LogP contribution < -0.4 is 4.74 Å². The minimum Gasteiger partial charge on any atom is -0.489 e. The summed E-state index contributed by atoms with van der Waals surface area (Å²) in [5.41, 5.74) is 1.77. The largest absolute Gasteiger partial charge is 0.489 e. The molecule has 2 aromatic rings. The fourth-order valence-corrected chi connectivity index (χ4v) is 3.32. The Morgan fingerprint density at radius 1 is 1.13 bits per heavy atom. The van der Waals surface area contributed by atoms with E-state index in [-0.39, 0.29) is 5.82 Å². The zero-order valence-corrected chi connectivity index (χ0v) is 17.6. The van der Waals surface area contributed by atoms with Crippen LogP contribution in [-0.4, -0.2) is 36.2 Å². The summed E-state index contributed by atoms with van der Waals surface area (Å²) in [7, 11) is 1.30. The van der Waals surface area contributed by atoms with Crippen LogP contribution in [0.25, 0.3) is 0 Å². The first-order chi connectivity index (χ1) is 14.2. The van der Waals surface area contributed by atoms with E-state index in [4.69, 9.17) is 14.2 Å². The molecule has 0 saturated carbocycles. The second kappa shape index (κ2) is 8.73. The summed E-state index contributed by atoms with van der Waals surface area (Å²) in [4.78, 5) is 26.6. The van der Waals surface area contributed by atoms with Crippen molar-refractivity contribution in [1.29, 1.82) is 0 Å². The molecule has 0 N–H and O–H groups in total. The van der Waals surface area contributed by atoms with Crippen molar-refractivity contribution < 1.29 is 28.2 Å². The molecule has 0 saturated heterocycles. The smallest absolute Gasteiger partial charge is 0.411 e. The molecule has 7 heteroatoms. The number of carbonyl (C=O) groups excluding carboxylic acids is 2. The van der Waals surface area contributed by atoms with E-state index in [1.165, 1.54) is 24.1 Å². The molecule has 0 spiro atoms. The van der Waals surface area contributed by atoms with Gasteiger partial charge in [-0.3, -0.25) is 4.90 Å². The van der Waals surface area contributed by atoms with Crippen LogP contribution in [0.1, 0.15) is 43.5 Å². The van der Waals surface area contributed by atoms with Crippen LogP contribution in [0.4, 0.5) is 9.18 Å². The monoisotopic (exact) mass is 415 g/mol. The van der Waals surface area contributed by atoms with Crippen molar-refractivity contribution in [2.24, 2.45) is 0 Å². The summed E-state index contributed by atoms with van der Waals surface area (Å²) in [5, 5.41) is 0. The molecule has 0 fully saturated rings. The third-order valence-corrected chi connectivity index (χ3v) is 4.71. The highest BCUT2D eigenvalue weighted by Gasteiger charge is 2.39. The summed E-state index contributed by atoms with van der Waals surface area (Å²) >= 11 is 0. The third-order valence-electron chi connectivity index (χ3n) is 4.71. The lowest BCUT2D eigenvalue weighted by Gasteiger charge is -2.36. The molecular formula is C23H26FNO5. The van der Waals surface area contributed by atoms with E-state index in [0.29, 0.717) is 30.9 Å². The standard InChI is InChI=1S/C23H26FNO5/c1-23(2,3)30-22(27)25-12-11-16-13-18(9-10-19(16)20(25)21(26)28-4)29-14-15-5-7-17(24)8-6-15/h5-10,13,20H,11-12,14H2,1-4H3/t20-/m1/s1. The topological polar surface area (TPSA) is 65.1 Å². The maximum absolute atomic E-state index is 13.0. The van der Waals surface area contributed by atoms with Crippen LogP contribution in [0, 0.1) is 5.82 Å². The maximum atomic E-state index is 13.0. The van der Waals surface area contributed by atoms with Gasteiger partial charge in [0.2, 0.25) is 0 Å². The first-order valence-corrected chi connectivity index (χ1v) is 9.75. The molecule has 30 heavy (non-hydrogen) atoms. The number of amides is 1. The first-order valence-electron chi connectivity index (χ1n) is 9.75. The molecule has 1 atom stereocenters.